The van der Waals surface area contributed by atoms with Crippen LogP contribution in [0.1, 0.15) is 5.56 Å². The summed E-state index contributed by atoms with van der Waals surface area (Å²) in [5, 5.41) is 8.29. The Bertz CT molecular complexity index is 716. The van der Waals surface area contributed by atoms with E-state index in [-0.39, 0.29) is 17.7 Å². The van der Waals surface area contributed by atoms with Crippen molar-refractivity contribution in [2.24, 2.45) is 0 Å². The molecule has 0 unspecified atom stereocenters. The maximum Gasteiger partial charge on any atom is 0.341 e. The van der Waals surface area contributed by atoms with Gasteiger partial charge < -0.3 is 9.84 Å². The highest BCUT2D eigenvalue weighted by atomic mass is 127. The number of hydrogen-bond acceptors (Lipinski definition) is 5. The van der Waals surface area contributed by atoms with Crippen molar-refractivity contribution in [1.29, 1.82) is 0 Å². The Morgan fingerprint density at radius 2 is 2.17 bits per heavy atom. The van der Waals surface area contributed by atoms with Crippen LogP contribution in [0.4, 0.5) is 4.79 Å². The Balaban J connectivity index is 2.18. The summed E-state index contributed by atoms with van der Waals surface area (Å²) in [7, 11) is 0. The number of carbonyl (C=O) groups is 3. The molecule has 1 aromatic carbocycles. The van der Waals surface area contributed by atoms with E-state index < -0.39 is 12.6 Å². The van der Waals surface area contributed by atoms with Gasteiger partial charge in [0.05, 0.1) is 8.48 Å². The van der Waals surface area contributed by atoms with Gasteiger partial charge in [0.15, 0.2) is 6.61 Å². The van der Waals surface area contributed by atoms with Crippen LogP contribution in [0.2, 0.25) is 0 Å². The molecular weight excluding hydrogens is 433 g/mol. The number of ether oxygens (including phenoxy) is 1. The summed E-state index contributed by atoms with van der Waals surface area (Å²) < 4.78 is 5.85. The van der Waals surface area contributed by atoms with Gasteiger partial charge in [0.2, 0.25) is 0 Å². The predicted octanol–water partition coefficient (Wildman–Crippen LogP) is 2.98. The zero-order valence-electron chi connectivity index (χ0n) is 11.8. The van der Waals surface area contributed by atoms with Crippen molar-refractivity contribution >= 4 is 57.5 Å². The third-order valence-electron chi connectivity index (χ3n) is 2.79. The lowest BCUT2D eigenvalue weighted by molar-refractivity contribution is -0.139. The van der Waals surface area contributed by atoms with Crippen molar-refractivity contribution in [3.63, 3.8) is 0 Å². The largest absolute Gasteiger partial charge is 0.481 e. The standard InChI is InChI=1S/C15H12INO5S/c1-2-5-17-14(20)12(23-15(17)21)7-9-3-4-11(10(16)6-9)22-8-13(18)19/h2-4,6-7H,1,5,8H2,(H,18,19)/b12-7+. The summed E-state index contributed by atoms with van der Waals surface area (Å²) in [5.41, 5.74) is 0.723. The van der Waals surface area contributed by atoms with Gasteiger partial charge in [-0.1, -0.05) is 12.1 Å². The normalized spacial score (nSPS) is 16.0. The van der Waals surface area contributed by atoms with E-state index in [0.717, 1.165) is 22.2 Å². The molecule has 0 aliphatic carbocycles. The second-order valence-corrected chi connectivity index (χ2v) is 6.61. The van der Waals surface area contributed by atoms with Crippen LogP contribution in [0.25, 0.3) is 6.08 Å². The fourth-order valence-electron chi connectivity index (χ4n) is 1.80. The van der Waals surface area contributed by atoms with Crippen LogP contribution in [0.3, 0.4) is 0 Å². The van der Waals surface area contributed by atoms with Gasteiger partial charge >= 0.3 is 5.97 Å². The first-order valence-corrected chi connectivity index (χ1v) is 8.32. The number of halogens is 1. The van der Waals surface area contributed by atoms with E-state index in [4.69, 9.17) is 9.84 Å². The Labute approximate surface area is 150 Å². The molecule has 6 nitrogen and oxygen atoms in total. The molecule has 1 aliphatic heterocycles. The first-order valence-electron chi connectivity index (χ1n) is 6.42. The highest BCUT2D eigenvalue weighted by Crippen LogP contribution is 2.33. The average Bonchev–Trinajstić information content (AvgIpc) is 2.74. The fourth-order valence-corrected chi connectivity index (χ4v) is 3.34. The lowest BCUT2D eigenvalue weighted by atomic mass is 10.2. The third kappa shape index (κ3) is 4.35. The summed E-state index contributed by atoms with van der Waals surface area (Å²) in [6.45, 7) is 3.28. The summed E-state index contributed by atoms with van der Waals surface area (Å²) in [5.74, 6) is -0.952. The van der Waals surface area contributed by atoms with Crippen LogP contribution in [0, 0.1) is 3.57 Å². The van der Waals surface area contributed by atoms with Crippen molar-refractivity contribution in [1.82, 2.24) is 4.90 Å². The lowest BCUT2D eigenvalue weighted by Gasteiger charge is -2.08. The molecule has 2 rings (SSSR count). The summed E-state index contributed by atoms with van der Waals surface area (Å²) in [6.07, 6.45) is 3.12. The van der Waals surface area contributed by atoms with E-state index in [1.54, 1.807) is 24.3 Å². The van der Waals surface area contributed by atoms with Crippen LogP contribution in [0.5, 0.6) is 5.75 Å². The van der Waals surface area contributed by atoms with Crippen LogP contribution in [-0.2, 0) is 9.59 Å². The summed E-state index contributed by atoms with van der Waals surface area (Å²) in [4.78, 5) is 35.8. The van der Waals surface area contributed by atoms with Crippen molar-refractivity contribution in [3.05, 3.63) is 44.9 Å². The number of benzene rings is 1. The zero-order chi connectivity index (χ0) is 17.0. The van der Waals surface area contributed by atoms with Gasteiger partial charge in [0.25, 0.3) is 11.1 Å². The number of carbonyl (C=O) groups excluding carboxylic acids is 2. The van der Waals surface area contributed by atoms with E-state index in [1.807, 2.05) is 22.6 Å². The minimum atomic E-state index is -1.05. The number of nitrogens with zero attached hydrogens (tertiary/aromatic N) is 1. The molecule has 1 N–H and O–H groups in total. The Hall–Kier alpha value is -1.81. The van der Waals surface area contributed by atoms with Crippen molar-refractivity contribution in [3.8, 4) is 5.75 Å². The van der Waals surface area contributed by atoms with E-state index in [9.17, 15) is 14.4 Å². The first-order chi connectivity index (χ1) is 10.9. The molecule has 120 valence electrons. The van der Waals surface area contributed by atoms with Crippen molar-refractivity contribution in [2.75, 3.05) is 13.2 Å². The van der Waals surface area contributed by atoms with Crippen LogP contribution >= 0.6 is 34.4 Å². The van der Waals surface area contributed by atoms with Gasteiger partial charge in [-0.3, -0.25) is 14.5 Å². The first kappa shape index (κ1) is 17.5. The molecule has 1 aliphatic rings. The molecule has 1 fully saturated rings. The second-order valence-electron chi connectivity index (χ2n) is 4.45. The maximum atomic E-state index is 12.1. The predicted molar refractivity (Wildman–Crippen MR) is 95.2 cm³/mol. The minimum absolute atomic E-state index is 0.182. The molecule has 0 radical (unpaired) electrons. The van der Waals surface area contributed by atoms with Crippen LogP contribution in [-0.4, -0.2) is 40.3 Å². The molecule has 1 heterocycles. The number of rotatable bonds is 6. The quantitative estimate of drug-likeness (QED) is 0.412. The number of imide groups is 1. The molecule has 1 saturated heterocycles. The molecule has 0 atom stereocenters. The second kappa shape index (κ2) is 7.64. The molecule has 0 bridgehead atoms. The maximum absolute atomic E-state index is 12.1. The summed E-state index contributed by atoms with van der Waals surface area (Å²) in [6, 6.07) is 5.07. The minimum Gasteiger partial charge on any atom is -0.481 e. The highest BCUT2D eigenvalue weighted by Gasteiger charge is 2.33. The molecule has 0 aromatic heterocycles. The Morgan fingerprint density at radius 3 is 2.78 bits per heavy atom. The number of carboxylic acid groups (broad SMARTS) is 1. The van der Waals surface area contributed by atoms with E-state index in [1.165, 1.54) is 6.08 Å². The topological polar surface area (TPSA) is 83.9 Å². The molecule has 0 spiro atoms. The molecule has 1 aromatic rings. The SMILES string of the molecule is C=CCN1C(=O)S/C(=C/c2ccc(OCC(=O)O)c(I)c2)C1=O. The lowest BCUT2D eigenvalue weighted by Crippen LogP contribution is -2.27. The smallest absolute Gasteiger partial charge is 0.341 e. The number of amides is 2. The number of aliphatic carboxylic acids is 1. The monoisotopic (exact) mass is 445 g/mol. The number of carboxylic acids is 1. The molecule has 0 saturated carbocycles. The van der Waals surface area contributed by atoms with Gasteiger partial charge in [0, 0.05) is 6.54 Å². The van der Waals surface area contributed by atoms with Gasteiger partial charge in [-0.05, 0) is 58.1 Å². The van der Waals surface area contributed by atoms with Gasteiger partial charge in [-0.15, -0.1) is 6.58 Å². The third-order valence-corrected chi connectivity index (χ3v) is 4.54. The van der Waals surface area contributed by atoms with Crippen molar-refractivity contribution < 1.29 is 24.2 Å². The summed E-state index contributed by atoms with van der Waals surface area (Å²) >= 11 is 2.90. The Kier molecular flexibility index (Phi) is 5.83. The molecular formula is C15H12INO5S. The van der Waals surface area contributed by atoms with Crippen LogP contribution in [0.15, 0.2) is 35.8 Å². The van der Waals surface area contributed by atoms with Gasteiger partial charge in [0.1, 0.15) is 5.75 Å². The van der Waals surface area contributed by atoms with E-state index in [0.29, 0.717) is 14.2 Å². The van der Waals surface area contributed by atoms with E-state index >= 15 is 0 Å². The number of hydrogen-bond donors (Lipinski definition) is 1. The van der Waals surface area contributed by atoms with Gasteiger partial charge in [-0.2, -0.15) is 0 Å². The van der Waals surface area contributed by atoms with Crippen molar-refractivity contribution in [2.45, 2.75) is 0 Å². The van der Waals surface area contributed by atoms with E-state index in [2.05, 4.69) is 6.58 Å². The zero-order valence-corrected chi connectivity index (χ0v) is 14.8. The Morgan fingerprint density at radius 1 is 1.43 bits per heavy atom. The highest BCUT2D eigenvalue weighted by molar-refractivity contribution is 14.1. The number of thioether (sulfide) groups is 1. The molecule has 8 heteroatoms. The van der Waals surface area contributed by atoms with Crippen LogP contribution < -0.4 is 4.74 Å². The fraction of sp³-hybridized carbons (Fsp3) is 0.133. The molecule has 2 amide bonds. The van der Waals surface area contributed by atoms with Gasteiger partial charge in [-0.25, -0.2) is 4.79 Å². The molecule has 23 heavy (non-hydrogen) atoms. The average molecular weight is 445 g/mol.